The summed E-state index contributed by atoms with van der Waals surface area (Å²) in [4.78, 5) is 18.2. The number of rotatable bonds is 3. The number of benzene rings is 1. The molecule has 3 heteroatoms. The Morgan fingerprint density at radius 2 is 1.67 bits per heavy atom. The van der Waals surface area contributed by atoms with E-state index in [9.17, 15) is 4.79 Å². The van der Waals surface area contributed by atoms with Crippen LogP contribution in [-0.4, -0.2) is 16.9 Å². The summed E-state index contributed by atoms with van der Waals surface area (Å²) in [5.74, 6) is 0.0109. The fraction of sp³-hybridized carbons (Fsp3) is 0.200. The summed E-state index contributed by atoms with van der Waals surface area (Å²) in [5, 5.41) is 0. The molecule has 3 nitrogen and oxygen atoms in total. The van der Waals surface area contributed by atoms with E-state index in [4.69, 9.17) is 0 Å². The van der Waals surface area contributed by atoms with Crippen molar-refractivity contribution in [3.63, 3.8) is 0 Å². The Labute approximate surface area is 107 Å². The van der Waals surface area contributed by atoms with Gasteiger partial charge in [0.1, 0.15) is 0 Å². The van der Waals surface area contributed by atoms with Crippen LogP contribution in [-0.2, 0) is 0 Å². The summed E-state index contributed by atoms with van der Waals surface area (Å²) in [6.07, 6.45) is 3.39. The number of nitrogens with zero attached hydrogens (tertiary/aromatic N) is 2. The third kappa shape index (κ3) is 2.56. The molecule has 1 heterocycles. The van der Waals surface area contributed by atoms with Crippen molar-refractivity contribution >= 4 is 11.6 Å². The number of amides is 1. The number of aromatic nitrogens is 1. The molecule has 0 saturated carbocycles. The molecule has 18 heavy (non-hydrogen) atoms. The Kier molecular flexibility index (Phi) is 3.72. The van der Waals surface area contributed by atoms with Crippen LogP contribution in [0.5, 0.6) is 0 Å². The molecule has 0 fully saturated rings. The van der Waals surface area contributed by atoms with Crippen LogP contribution in [0.25, 0.3) is 0 Å². The lowest BCUT2D eigenvalue weighted by molar-refractivity contribution is 0.0980. The minimum atomic E-state index is 0.0109. The highest BCUT2D eigenvalue weighted by atomic mass is 16.2. The van der Waals surface area contributed by atoms with Crippen LogP contribution >= 0.6 is 0 Å². The van der Waals surface area contributed by atoms with Crippen LogP contribution in [0.2, 0.25) is 0 Å². The van der Waals surface area contributed by atoms with Crippen LogP contribution in [0.15, 0.2) is 54.9 Å². The maximum atomic E-state index is 12.5. The predicted molar refractivity (Wildman–Crippen MR) is 72.6 cm³/mol. The van der Waals surface area contributed by atoms with Crippen LogP contribution in [0.1, 0.15) is 24.2 Å². The summed E-state index contributed by atoms with van der Waals surface area (Å²) >= 11 is 0. The average molecular weight is 240 g/mol. The third-order valence-corrected chi connectivity index (χ3v) is 2.70. The predicted octanol–water partition coefficient (Wildman–Crippen LogP) is 3.14. The van der Waals surface area contributed by atoms with E-state index in [-0.39, 0.29) is 11.9 Å². The first kappa shape index (κ1) is 12.3. The molecular formula is C15H16N2O. The fourth-order valence-corrected chi connectivity index (χ4v) is 1.87. The number of pyridine rings is 1. The maximum Gasteiger partial charge on any atom is 0.258 e. The zero-order valence-corrected chi connectivity index (χ0v) is 10.6. The molecule has 0 bridgehead atoms. The molecule has 1 aromatic heterocycles. The van der Waals surface area contributed by atoms with E-state index in [1.165, 1.54) is 0 Å². The lowest BCUT2D eigenvalue weighted by atomic mass is 10.1. The molecule has 0 unspecified atom stereocenters. The number of hydrogen-bond acceptors (Lipinski definition) is 2. The molecule has 2 rings (SSSR count). The normalized spacial score (nSPS) is 10.4. The minimum absolute atomic E-state index is 0.0109. The molecule has 0 atom stereocenters. The summed E-state index contributed by atoms with van der Waals surface area (Å²) in [5.41, 5.74) is 1.57. The molecule has 0 saturated heterocycles. The molecule has 1 aromatic carbocycles. The highest BCUT2D eigenvalue weighted by Gasteiger charge is 2.20. The highest BCUT2D eigenvalue weighted by molar-refractivity contribution is 6.06. The van der Waals surface area contributed by atoms with E-state index in [1.54, 1.807) is 17.3 Å². The summed E-state index contributed by atoms with van der Waals surface area (Å²) in [6.45, 7) is 4.00. The Morgan fingerprint density at radius 3 is 2.22 bits per heavy atom. The van der Waals surface area contributed by atoms with E-state index >= 15 is 0 Å². The molecule has 1 amide bonds. The Morgan fingerprint density at radius 1 is 1.06 bits per heavy atom. The Bertz CT molecular complexity index is 509. The van der Waals surface area contributed by atoms with E-state index in [1.807, 2.05) is 56.3 Å². The van der Waals surface area contributed by atoms with Crippen molar-refractivity contribution in [3.8, 4) is 0 Å². The Hall–Kier alpha value is -2.16. The van der Waals surface area contributed by atoms with E-state index in [0.29, 0.717) is 5.56 Å². The van der Waals surface area contributed by atoms with E-state index in [0.717, 1.165) is 5.69 Å². The van der Waals surface area contributed by atoms with Gasteiger partial charge in [0.25, 0.3) is 5.91 Å². The Balaban J connectivity index is 2.35. The van der Waals surface area contributed by atoms with Crippen molar-refractivity contribution in [2.45, 2.75) is 19.9 Å². The second-order valence-corrected chi connectivity index (χ2v) is 4.34. The average Bonchev–Trinajstić information content (AvgIpc) is 2.40. The van der Waals surface area contributed by atoms with Gasteiger partial charge >= 0.3 is 0 Å². The molecule has 0 N–H and O–H groups in total. The minimum Gasteiger partial charge on any atom is -0.306 e. The first-order valence-electron chi connectivity index (χ1n) is 5.99. The van der Waals surface area contributed by atoms with Crippen LogP contribution in [0.4, 0.5) is 5.69 Å². The van der Waals surface area contributed by atoms with E-state index in [2.05, 4.69) is 4.98 Å². The quantitative estimate of drug-likeness (QED) is 0.825. The zero-order valence-electron chi connectivity index (χ0n) is 10.6. The van der Waals surface area contributed by atoms with Crippen LogP contribution < -0.4 is 4.90 Å². The van der Waals surface area contributed by atoms with Gasteiger partial charge < -0.3 is 4.90 Å². The van der Waals surface area contributed by atoms with Gasteiger partial charge in [-0.15, -0.1) is 0 Å². The lowest BCUT2D eigenvalue weighted by Crippen LogP contribution is -2.37. The van der Waals surface area contributed by atoms with Gasteiger partial charge in [0, 0.05) is 29.7 Å². The van der Waals surface area contributed by atoms with Crippen molar-refractivity contribution in [3.05, 3.63) is 60.4 Å². The van der Waals surface area contributed by atoms with Gasteiger partial charge in [0.05, 0.1) is 0 Å². The van der Waals surface area contributed by atoms with E-state index < -0.39 is 0 Å². The maximum absolute atomic E-state index is 12.5. The first-order chi connectivity index (χ1) is 8.70. The highest BCUT2D eigenvalue weighted by Crippen LogP contribution is 2.18. The zero-order chi connectivity index (χ0) is 13.0. The van der Waals surface area contributed by atoms with Crippen molar-refractivity contribution in [1.82, 2.24) is 4.98 Å². The second-order valence-electron chi connectivity index (χ2n) is 4.34. The summed E-state index contributed by atoms with van der Waals surface area (Å²) < 4.78 is 0. The summed E-state index contributed by atoms with van der Waals surface area (Å²) in [7, 11) is 0. The van der Waals surface area contributed by atoms with Crippen LogP contribution in [0, 0.1) is 0 Å². The van der Waals surface area contributed by atoms with Gasteiger partial charge in [0.2, 0.25) is 0 Å². The van der Waals surface area contributed by atoms with Crippen molar-refractivity contribution in [2.24, 2.45) is 0 Å². The lowest BCUT2D eigenvalue weighted by Gasteiger charge is -2.26. The molecule has 0 aliphatic carbocycles. The van der Waals surface area contributed by atoms with Gasteiger partial charge in [-0.3, -0.25) is 9.78 Å². The number of carbonyl (C=O) groups is 1. The van der Waals surface area contributed by atoms with Crippen molar-refractivity contribution < 1.29 is 4.79 Å². The molecule has 2 aromatic rings. The van der Waals surface area contributed by atoms with Gasteiger partial charge in [-0.1, -0.05) is 18.2 Å². The number of anilines is 1. The largest absolute Gasteiger partial charge is 0.306 e. The molecule has 0 aliphatic heterocycles. The molecule has 0 radical (unpaired) electrons. The molecule has 92 valence electrons. The second kappa shape index (κ2) is 5.45. The number of carbonyl (C=O) groups excluding carboxylic acids is 1. The molecule has 0 aliphatic rings. The van der Waals surface area contributed by atoms with Crippen LogP contribution in [0.3, 0.4) is 0 Å². The van der Waals surface area contributed by atoms with Crippen molar-refractivity contribution in [1.29, 1.82) is 0 Å². The topological polar surface area (TPSA) is 33.2 Å². The summed E-state index contributed by atoms with van der Waals surface area (Å²) in [6, 6.07) is 13.1. The SMILES string of the molecule is CC(C)N(C(=O)c1ccccc1)c1ccncc1. The monoisotopic (exact) mass is 240 g/mol. The third-order valence-electron chi connectivity index (χ3n) is 2.70. The molecular weight excluding hydrogens is 224 g/mol. The first-order valence-corrected chi connectivity index (χ1v) is 5.99. The van der Waals surface area contributed by atoms with Crippen molar-refractivity contribution in [2.75, 3.05) is 4.90 Å². The van der Waals surface area contributed by atoms with Gasteiger partial charge in [0.15, 0.2) is 0 Å². The van der Waals surface area contributed by atoms with Gasteiger partial charge in [-0.05, 0) is 38.1 Å². The van der Waals surface area contributed by atoms with Gasteiger partial charge in [-0.2, -0.15) is 0 Å². The van der Waals surface area contributed by atoms with Gasteiger partial charge in [-0.25, -0.2) is 0 Å². The molecule has 0 spiro atoms. The smallest absolute Gasteiger partial charge is 0.258 e. The standard InChI is InChI=1S/C15H16N2O/c1-12(2)17(14-8-10-16-11-9-14)15(18)13-6-4-3-5-7-13/h3-12H,1-2H3. The fourth-order valence-electron chi connectivity index (χ4n) is 1.87. The number of hydrogen-bond donors (Lipinski definition) is 0.